The van der Waals surface area contributed by atoms with Crippen molar-refractivity contribution in [1.82, 2.24) is 10.3 Å². The van der Waals surface area contributed by atoms with Gasteiger partial charge in [-0.15, -0.1) is 0 Å². The second-order valence-corrected chi connectivity index (χ2v) is 6.32. The van der Waals surface area contributed by atoms with Crippen LogP contribution >= 0.6 is 11.6 Å². The summed E-state index contributed by atoms with van der Waals surface area (Å²) >= 11 is 6.00. The number of fused-ring (bicyclic) bond motifs is 1. The van der Waals surface area contributed by atoms with Crippen molar-refractivity contribution in [2.24, 2.45) is 0 Å². The maximum absolute atomic E-state index is 6.00. The maximum atomic E-state index is 6.00. The van der Waals surface area contributed by atoms with Crippen molar-refractivity contribution in [3.63, 3.8) is 0 Å². The van der Waals surface area contributed by atoms with Crippen molar-refractivity contribution in [3.05, 3.63) is 99.2 Å². The van der Waals surface area contributed by atoms with Gasteiger partial charge in [0.2, 0.25) is 0 Å². The van der Waals surface area contributed by atoms with E-state index < -0.39 is 0 Å². The fraction of sp³-hybridized carbons (Fsp3) is 0.136. The van der Waals surface area contributed by atoms with Crippen LogP contribution < -0.4 is 10.6 Å². The summed E-state index contributed by atoms with van der Waals surface area (Å²) in [4.78, 5) is 4.34. The fourth-order valence-corrected chi connectivity index (χ4v) is 2.81. The Morgan fingerprint density at radius 2 is 1.56 bits per heavy atom. The first-order valence-corrected chi connectivity index (χ1v) is 9.07. The first-order valence-electron chi connectivity index (χ1n) is 8.69. The van der Waals surface area contributed by atoms with Gasteiger partial charge in [0.15, 0.2) is 0 Å². The molecule has 0 unspecified atom stereocenters. The third-order valence-corrected chi connectivity index (χ3v) is 4.17. The number of anilines is 1. The molecule has 2 aliphatic rings. The Morgan fingerprint density at radius 1 is 0.852 bits per heavy atom. The molecular formula is C22H22ClFeN3+2. The third kappa shape index (κ3) is 7.62. The first kappa shape index (κ1) is 22.5. The third-order valence-electron chi connectivity index (χ3n) is 3.94. The first-order chi connectivity index (χ1) is 12.8. The summed E-state index contributed by atoms with van der Waals surface area (Å²) in [5.74, 6) is 1.32. The minimum atomic E-state index is 0. The zero-order valence-corrected chi connectivity index (χ0v) is 16.7. The van der Waals surface area contributed by atoms with Crippen LogP contribution in [0.25, 0.3) is 10.9 Å². The van der Waals surface area contributed by atoms with Crippen LogP contribution in [0.2, 0.25) is 5.02 Å². The number of benzene rings is 1. The molecule has 3 nitrogen and oxygen atoms in total. The van der Waals surface area contributed by atoms with Gasteiger partial charge in [0.05, 0.1) is 5.52 Å². The Balaban J connectivity index is 0.000000379. The van der Waals surface area contributed by atoms with Gasteiger partial charge in [0.25, 0.3) is 0 Å². The van der Waals surface area contributed by atoms with Gasteiger partial charge >= 0.3 is 17.1 Å². The van der Waals surface area contributed by atoms with Gasteiger partial charge in [-0.05, 0) is 88.0 Å². The molecule has 2 fully saturated rings. The number of aromatic nitrogens is 1. The van der Waals surface area contributed by atoms with Crippen LogP contribution in [0.15, 0.2) is 30.5 Å². The Kier molecular flexibility index (Phi) is 10.5. The van der Waals surface area contributed by atoms with Gasteiger partial charge in [-0.1, -0.05) is 11.6 Å². The largest absolute Gasteiger partial charge is 2.00 e. The number of hydrogen-bond acceptors (Lipinski definition) is 3. The van der Waals surface area contributed by atoms with E-state index in [1.165, 1.54) is 5.92 Å². The van der Waals surface area contributed by atoms with E-state index in [9.17, 15) is 0 Å². The van der Waals surface area contributed by atoms with E-state index in [-0.39, 0.29) is 17.1 Å². The van der Waals surface area contributed by atoms with Crippen LogP contribution in [0, 0.1) is 63.7 Å². The number of nitrogens with one attached hydrogen (secondary N) is 2. The number of hydrogen-bond donors (Lipinski definition) is 2. The summed E-state index contributed by atoms with van der Waals surface area (Å²) in [6.07, 6.45) is 20.2. The summed E-state index contributed by atoms with van der Waals surface area (Å²) in [6.45, 7) is 2.67. The van der Waals surface area contributed by atoms with Gasteiger partial charge in [0.1, 0.15) is 0 Å². The zero-order valence-electron chi connectivity index (χ0n) is 14.9. The average Bonchev–Trinajstić information content (AvgIpc) is 3.38. The van der Waals surface area contributed by atoms with E-state index in [2.05, 4.69) is 41.3 Å². The minimum Gasteiger partial charge on any atom is -0.383 e. The summed E-state index contributed by atoms with van der Waals surface area (Å²) in [5, 5.41) is 8.66. The SMILES string of the molecule is Clc1ccc2c(NCCNC[C]3[CH][CH][CH][CH]3)ccnc2c1.[CH]1[CH][CH][CH][CH]1.[Fe+2]. The van der Waals surface area contributed by atoms with Crippen LogP contribution in [0.5, 0.6) is 0 Å². The predicted octanol–water partition coefficient (Wildman–Crippen LogP) is 4.31. The monoisotopic (exact) mass is 419 g/mol. The molecule has 0 spiro atoms. The molecule has 4 rings (SSSR count). The van der Waals surface area contributed by atoms with Crippen molar-refractivity contribution >= 4 is 28.2 Å². The van der Waals surface area contributed by atoms with Crippen molar-refractivity contribution in [1.29, 1.82) is 0 Å². The molecule has 2 N–H and O–H groups in total. The molecular weight excluding hydrogens is 398 g/mol. The molecule has 2 aliphatic carbocycles. The average molecular weight is 420 g/mol. The van der Waals surface area contributed by atoms with Crippen LogP contribution in [0.4, 0.5) is 5.69 Å². The molecule has 1 heterocycles. The molecule has 2 saturated carbocycles. The number of nitrogens with zero attached hydrogens (tertiary/aromatic N) is 1. The second kappa shape index (κ2) is 12.6. The van der Waals surface area contributed by atoms with E-state index in [0.717, 1.165) is 36.2 Å². The van der Waals surface area contributed by atoms with Crippen molar-refractivity contribution in [3.8, 4) is 0 Å². The maximum Gasteiger partial charge on any atom is 2.00 e. The molecule has 0 aliphatic heterocycles. The normalized spacial score (nSPS) is 16.6. The molecule has 10 radical (unpaired) electrons. The Bertz CT molecular complexity index is 662. The molecule has 5 heteroatoms. The van der Waals surface area contributed by atoms with Gasteiger partial charge in [-0.25, -0.2) is 0 Å². The Hall–Kier alpha value is -0.801. The van der Waals surface area contributed by atoms with Gasteiger partial charge in [-0.2, -0.15) is 0 Å². The van der Waals surface area contributed by atoms with Gasteiger partial charge in [-0.3, -0.25) is 4.98 Å². The van der Waals surface area contributed by atoms with Crippen molar-refractivity contribution < 1.29 is 17.1 Å². The Labute approximate surface area is 179 Å². The predicted molar refractivity (Wildman–Crippen MR) is 110 cm³/mol. The molecule has 0 amide bonds. The van der Waals surface area contributed by atoms with E-state index in [1.54, 1.807) is 6.20 Å². The summed E-state index contributed by atoms with van der Waals surface area (Å²) in [7, 11) is 0. The molecule has 138 valence electrons. The zero-order chi connectivity index (χ0) is 18.0. The molecule has 1 aromatic heterocycles. The summed E-state index contributed by atoms with van der Waals surface area (Å²) in [6, 6.07) is 7.78. The fourth-order valence-electron chi connectivity index (χ4n) is 2.65. The molecule has 2 aromatic rings. The van der Waals surface area contributed by atoms with Crippen molar-refractivity contribution in [2.45, 2.75) is 0 Å². The molecule has 0 bridgehead atoms. The van der Waals surface area contributed by atoms with Crippen LogP contribution in [0.3, 0.4) is 0 Å². The standard InChI is InChI=1S/C17H17ClN3.C5H5.Fe/c18-14-5-6-15-16(7-8-20-17(15)11-14)21-10-9-19-12-13-3-1-2-4-13;1-2-4-5-3-1;/h1-8,11,19H,9-10,12H2,(H,20,21);1-5H;/q;;+2. The topological polar surface area (TPSA) is 37.0 Å². The van der Waals surface area contributed by atoms with Crippen LogP contribution in [-0.2, 0) is 17.1 Å². The minimum absolute atomic E-state index is 0. The van der Waals surface area contributed by atoms with Crippen molar-refractivity contribution in [2.75, 3.05) is 25.0 Å². The van der Waals surface area contributed by atoms with E-state index in [4.69, 9.17) is 11.6 Å². The molecule has 27 heavy (non-hydrogen) atoms. The number of halogens is 1. The quantitative estimate of drug-likeness (QED) is 0.541. The van der Waals surface area contributed by atoms with E-state index in [0.29, 0.717) is 5.02 Å². The van der Waals surface area contributed by atoms with E-state index >= 15 is 0 Å². The second-order valence-electron chi connectivity index (χ2n) is 5.88. The molecule has 1 aromatic carbocycles. The van der Waals surface area contributed by atoms with Crippen LogP contribution in [-0.4, -0.2) is 24.6 Å². The van der Waals surface area contributed by atoms with Gasteiger partial charge < -0.3 is 10.6 Å². The van der Waals surface area contributed by atoms with Crippen LogP contribution in [0.1, 0.15) is 0 Å². The van der Waals surface area contributed by atoms with E-state index in [1.807, 2.05) is 56.4 Å². The summed E-state index contributed by atoms with van der Waals surface area (Å²) in [5.41, 5.74) is 2.00. The smallest absolute Gasteiger partial charge is 0.383 e. The number of rotatable bonds is 6. The Morgan fingerprint density at radius 3 is 2.26 bits per heavy atom. The number of pyridine rings is 1. The molecule has 0 atom stereocenters. The molecule has 0 saturated heterocycles. The summed E-state index contributed by atoms with van der Waals surface area (Å²) < 4.78 is 0. The van der Waals surface area contributed by atoms with Gasteiger partial charge in [0, 0.05) is 41.9 Å².